The summed E-state index contributed by atoms with van der Waals surface area (Å²) in [6, 6.07) is 7.66. The van der Waals surface area contributed by atoms with Crippen LogP contribution in [-0.2, 0) is 30.5 Å². The van der Waals surface area contributed by atoms with Crippen LogP contribution in [0.4, 0.5) is 0 Å². The maximum absolute atomic E-state index is 13.3. The average Bonchev–Trinajstić information content (AvgIpc) is 3.14. The van der Waals surface area contributed by atoms with E-state index in [2.05, 4.69) is 0 Å². The molecule has 176 valence electrons. The Morgan fingerprint density at radius 2 is 1.73 bits per heavy atom. The predicted molar refractivity (Wildman–Crippen MR) is 123 cm³/mol. The van der Waals surface area contributed by atoms with Crippen LogP contribution in [-0.4, -0.2) is 58.4 Å². The van der Waals surface area contributed by atoms with Gasteiger partial charge in [0.05, 0.1) is 17.4 Å². The van der Waals surface area contributed by atoms with Crippen molar-refractivity contribution in [1.82, 2.24) is 18.6 Å². The number of methoxy groups -OCH3 is 1. The minimum absolute atomic E-state index is 0.0534. The maximum Gasteiger partial charge on any atom is 0.332 e. The zero-order valence-corrected chi connectivity index (χ0v) is 19.8. The molecule has 3 heterocycles. The molecule has 1 aliphatic heterocycles. The molecule has 0 bridgehead atoms. The van der Waals surface area contributed by atoms with Crippen LogP contribution >= 0.6 is 0 Å². The molecule has 0 radical (unpaired) electrons. The van der Waals surface area contributed by atoms with Gasteiger partial charge in [-0.05, 0) is 36.8 Å². The Labute approximate surface area is 190 Å². The van der Waals surface area contributed by atoms with Crippen LogP contribution in [0.3, 0.4) is 0 Å². The number of aryl methyl sites for hydroxylation is 2. The van der Waals surface area contributed by atoms with E-state index in [0.717, 1.165) is 4.57 Å². The predicted octanol–water partition coefficient (Wildman–Crippen LogP) is 0.756. The summed E-state index contributed by atoms with van der Waals surface area (Å²) in [6.07, 6.45) is 0.682. The number of ether oxygens (including phenoxy) is 1. The van der Waals surface area contributed by atoms with Crippen molar-refractivity contribution in [2.24, 2.45) is 14.1 Å². The summed E-state index contributed by atoms with van der Waals surface area (Å²) in [6.45, 7) is 2.47. The Morgan fingerprint density at radius 1 is 1.09 bits per heavy atom. The molecule has 0 spiro atoms. The number of fused-ring (bicyclic) bond motifs is 1. The molecule has 0 aliphatic carbocycles. The van der Waals surface area contributed by atoms with Crippen molar-refractivity contribution in [3.8, 4) is 5.75 Å². The van der Waals surface area contributed by atoms with Crippen molar-refractivity contribution in [1.29, 1.82) is 0 Å². The number of rotatable bonds is 6. The van der Waals surface area contributed by atoms with E-state index < -0.39 is 26.3 Å². The van der Waals surface area contributed by atoms with Gasteiger partial charge >= 0.3 is 5.69 Å². The van der Waals surface area contributed by atoms with Crippen LogP contribution in [0.1, 0.15) is 23.8 Å². The number of hydrogen-bond donors (Lipinski definition) is 0. The Hall–Kier alpha value is -3.34. The monoisotopic (exact) mass is 474 g/mol. The number of aromatic nitrogens is 3. The van der Waals surface area contributed by atoms with Crippen LogP contribution in [0, 0.1) is 0 Å². The highest BCUT2D eigenvalue weighted by Crippen LogP contribution is 2.27. The molecule has 1 saturated heterocycles. The van der Waals surface area contributed by atoms with Gasteiger partial charge in [0.1, 0.15) is 22.3 Å². The van der Waals surface area contributed by atoms with Gasteiger partial charge in [0.25, 0.3) is 11.5 Å². The minimum Gasteiger partial charge on any atom is -0.497 e. The number of sulfone groups is 1. The van der Waals surface area contributed by atoms with Crippen molar-refractivity contribution >= 4 is 26.8 Å². The molecule has 0 N–H and O–H groups in total. The van der Waals surface area contributed by atoms with Gasteiger partial charge in [-0.15, -0.1) is 0 Å². The number of likely N-dealkylation sites (tertiary alicyclic amines) is 1. The fourth-order valence-electron chi connectivity index (χ4n) is 4.19. The molecule has 10 nitrogen and oxygen atoms in total. The van der Waals surface area contributed by atoms with Gasteiger partial charge in [-0.3, -0.25) is 18.7 Å². The Balaban J connectivity index is 1.64. The quantitative estimate of drug-likeness (QED) is 0.521. The summed E-state index contributed by atoms with van der Waals surface area (Å²) in [4.78, 5) is 40.0. The third-order valence-electron chi connectivity index (χ3n) is 6.12. The molecule has 0 atom stereocenters. The van der Waals surface area contributed by atoms with Gasteiger partial charge in [0, 0.05) is 33.7 Å². The Morgan fingerprint density at radius 3 is 2.30 bits per heavy atom. The molecule has 33 heavy (non-hydrogen) atoms. The molecule has 3 aromatic rings. The van der Waals surface area contributed by atoms with Gasteiger partial charge < -0.3 is 14.2 Å². The normalized spacial score (nSPS) is 14.5. The van der Waals surface area contributed by atoms with E-state index in [1.165, 1.54) is 41.8 Å². The molecule has 11 heteroatoms. The number of carbonyl (C=O) groups is 1. The highest BCUT2D eigenvalue weighted by molar-refractivity contribution is 7.92. The van der Waals surface area contributed by atoms with Crippen LogP contribution < -0.4 is 16.0 Å². The summed E-state index contributed by atoms with van der Waals surface area (Å²) in [7, 11) is 0.861. The van der Waals surface area contributed by atoms with Gasteiger partial charge in [-0.25, -0.2) is 13.2 Å². The third kappa shape index (κ3) is 3.56. The summed E-state index contributed by atoms with van der Waals surface area (Å²) >= 11 is 0. The highest BCUT2D eigenvalue weighted by atomic mass is 32.2. The topological polar surface area (TPSA) is 113 Å². The molecular weight excluding hydrogens is 448 g/mol. The highest BCUT2D eigenvalue weighted by Gasteiger charge is 2.41. The van der Waals surface area contributed by atoms with Crippen molar-refractivity contribution < 1.29 is 17.9 Å². The largest absolute Gasteiger partial charge is 0.497 e. The van der Waals surface area contributed by atoms with Gasteiger partial charge in [0.2, 0.25) is 0 Å². The standard InChI is InChI=1S/C22H26N4O6S/c1-5-10-26-18(11-17-19(26)23(2)22(29)24(3)20(17)27)21(28)25-12-16(13-25)33(30,31)15-8-6-14(32-4)7-9-15/h6-9,11,16H,5,10,12-13H2,1-4H3. The molecule has 4 rings (SSSR count). The first-order chi connectivity index (χ1) is 15.6. The van der Waals surface area contributed by atoms with E-state index in [1.807, 2.05) is 6.92 Å². The molecule has 1 amide bonds. The molecule has 1 aliphatic rings. The van der Waals surface area contributed by atoms with Crippen LogP contribution in [0.2, 0.25) is 0 Å². The second-order valence-corrected chi connectivity index (χ2v) is 10.4. The van der Waals surface area contributed by atoms with E-state index in [1.54, 1.807) is 23.7 Å². The fraction of sp³-hybridized carbons (Fsp3) is 0.409. The van der Waals surface area contributed by atoms with Crippen molar-refractivity contribution in [2.45, 2.75) is 30.0 Å². The van der Waals surface area contributed by atoms with E-state index >= 15 is 0 Å². The molecule has 1 aromatic carbocycles. The lowest BCUT2D eigenvalue weighted by Gasteiger charge is -2.38. The van der Waals surface area contributed by atoms with E-state index in [9.17, 15) is 22.8 Å². The first-order valence-electron chi connectivity index (χ1n) is 10.6. The van der Waals surface area contributed by atoms with Gasteiger partial charge in [0.15, 0.2) is 9.84 Å². The zero-order chi connectivity index (χ0) is 24.1. The first kappa shape index (κ1) is 22.8. The third-order valence-corrected chi connectivity index (χ3v) is 8.23. The summed E-state index contributed by atoms with van der Waals surface area (Å²) in [5, 5.41) is -0.435. The lowest BCUT2D eigenvalue weighted by atomic mass is 10.2. The summed E-state index contributed by atoms with van der Waals surface area (Å²) < 4.78 is 35.0. The van der Waals surface area contributed by atoms with Crippen LogP contribution in [0.5, 0.6) is 5.75 Å². The van der Waals surface area contributed by atoms with Crippen molar-refractivity contribution in [2.75, 3.05) is 20.2 Å². The van der Waals surface area contributed by atoms with Gasteiger partial charge in [-0.2, -0.15) is 0 Å². The lowest BCUT2D eigenvalue weighted by molar-refractivity contribution is 0.0648. The second-order valence-electron chi connectivity index (χ2n) is 8.18. The smallest absolute Gasteiger partial charge is 0.332 e. The molecule has 1 fully saturated rings. The van der Waals surface area contributed by atoms with E-state index in [0.29, 0.717) is 24.4 Å². The number of hydrogen-bond acceptors (Lipinski definition) is 6. The van der Waals surface area contributed by atoms with E-state index in [4.69, 9.17) is 4.74 Å². The zero-order valence-electron chi connectivity index (χ0n) is 18.9. The second kappa shape index (κ2) is 8.22. The first-order valence-corrected chi connectivity index (χ1v) is 12.1. The van der Waals surface area contributed by atoms with Crippen LogP contribution in [0.25, 0.3) is 11.0 Å². The van der Waals surface area contributed by atoms with E-state index in [-0.39, 0.29) is 35.0 Å². The SMILES string of the molecule is CCCn1c(C(=O)N2CC(S(=O)(=O)c3ccc(OC)cc3)C2)cc2c(=O)n(C)c(=O)n(C)c21. The number of nitrogens with zero attached hydrogens (tertiary/aromatic N) is 4. The number of amides is 1. The van der Waals surface area contributed by atoms with Crippen molar-refractivity contribution in [3.63, 3.8) is 0 Å². The molecule has 0 unspecified atom stereocenters. The Bertz CT molecular complexity index is 1460. The fourth-order valence-corrected chi connectivity index (χ4v) is 5.84. The number of carbonyl (C=O) groups excluding carboxylic acids is 1. The lowest BCUT2D eigenvalue weighted by Crippen LogP contribution is -2.57. The summed E-state index contributed by atoms with van der Waals surface area (Å²) in [5.74, 6) is 0.194. The minimum atomic E-state index is -3.60. The molecule has 2 aromatic heterocycles. The Kier molecular flexibility index (Phi) is 5.69. The molecule has 0 saturated carbocycles. The van der Waals surface area contributed by atoms with Gasteiger partial charge in [-0.1, -0.05) is 6.92 Å². The maximum atomic E-state index is 13.3. The van der Waals surface area contributed by atoms with Crippen LogP contribution in [0.15, 0.2) is 44.8 Å². The molecular formula is C22H26N4O6S. The summed E-state index contributed by atoms with van der Waals surface area (Å²) in [5.41, 5.74) is -0.293. The number of benzene rings is 1. The average molecular weight is 475 g/mol. The van der Waals surface area contributed by atoms with Crippen molar-refractivity contribution in [3.05, 3.63) is 56.9 Å².